The Balaban J connectivity index is 1.39. The zero-order valence-corrected chi connectivity index (χ0v) is 21.9. The van der Waals surface area contributed by atoms with Crippen molar-refractivity contribution < 1.29 is 18.9 Å². The van der Waals surface area contributed by atoms with Crippen molar-refractivity contribution in [3.8, 4) is 5.69 Å². The van der Waals surface area contributed by atoms with E-state index >= 15 is 0 Å². The molecule has 1 aliphatic heterocycles. The molecule has 10 heteroatoms. The Hall–Kier alpha value is -2.91. The maximum absolute atomic E-state index is 12.4. The van der Waals surface area contributed by atoms with Crippen LogP contribution in [0, 0.1) is 0 Å². The standard InChI is InChI=1S/C26H32ClN5O4/c1-5-20-13-21(30-35-20)16-6-8-17(9-7-16)24-29-28-23-15-31(36-25(33)34-26(2,3)4)14-18-12-19(27)10-11-22(18)32(23)24/h10-13,16-17H,5-9,14-15H2,1-4H3/t16-,17+. The quantitative estimate of drug-likeness (QED) is 0.386. The lowest BCUT2D eigenvalue weighted by Crippen LogP contribution is -2.31. The van der Waals surface area contributed by atoms with Crippen LogP contribution in [0.3, 0.4) is 0 Å². The molecule has 0 atom stereocenters. The van der Waals surface area contributed by atoms with E-state index in [-0.39, 0.29) is 12.5 Å². The first kappa shape index (κ1) is 24.8. The summed E-state index contributed by atoms with van der Waals surface area (Å²) in [5.41, 5.74) is 2.28. The van der Waals surface area contributed by atoms with E-state index in [1.807, 2.05) is 18.2 Å². The van der Waals surface area contributed by atoms with Crippen LogP contribution in [0.5, 0.6) is 0 Å². The van der Waals surface area contributed by atoms with Gasteiger partial charge >= 0.3 is 6.16 Å². The van der Waals surface area contributed by atoms with E-state index in [4.69, 9.17) is 25.7 Å². The highest BCUT2D eigenvalue weighted by atomic mass is 35.5. The van der Waals surface area contributed by atoms with Gasteiger partial charge in [-0.05, 0) is 70.2 Å². The number of hydrogen-bond donors (Lipinski definition) is 0. The van der Waals surface area contributed by atoms with Crippen molar-refractivity contribution in [1.82, 2.24) is 25.0 Å². The second kappa shape index (κ2) is 9.86. The second-order valence-corrected chi connectivity index (χ2v) is 11.0. The Kier molecular flexibility index (Phi) is 6.78. The lowest BCUT2D eigenvalue weighted by Gasteiger charge is -2.27. The average molecular weight is 514 g/mol. The Morgan fingerprint density at radius 1 is 1.11 bits per heavy atom. The fourth-order valence-electron chi connectivity index (χ4n) is 5.04. The molecule has 0 unspecified atom stereocenters. The molecule has 3 aromatic rings. The third kappa shape index (κ3) is 5.27. The van der Waals surface area contributed by atoms with E-state index in [1.54, 1.807) is 25.8 Å². The lowest BCUT2D eigenvalue weighted by molar-refractivity contribution is -0.155. The minimum absolute atomic E-state index is 0.266. The molecule has 0 saturated heterocycles. The van der Waals surface area contributed by atoms with Crippen molar-refractivity contribution in [2.45, 2.75) is 90.3 Å². The van der Waals surface area contributed by atoms with Gasteiger partial charge in [-0.25, -0.2) is 4.79 Å². The Bertz CT molecular complexity index is 1240. The van der Waals surface area contributed by atoms with Crippen molar-refractivity contribution in [2.75, 3.05) is 0 Å². The number of rotatable bonds is 4. The van der Waals surface area contributed by atoms with E-state index in [2.05, 4.69) is 32.9 Å². The van der Waals surface area contributed by atoms with Crippen LogP contribution in [0.4, 0.5) is 4.79 Å². The molecule has 5 rings (SSSR count). The largest absolute Gasteiger partial charge is 0.528 e. The van der Waals surface area contributed by atoms with Gasteiger partial charge in [0.2, 0.25) is 0 Å². The van der Waals surface area contributed by atoms with Gasteiger partial charge < -0.3 is 14.1 Å². The Morgan fingerprint density at radius 3 is 2.56 bits per heavy atom. The van der Waals surface area contributed by atoms with Crippen molar-refractivity contribution in [3.05, 3.63) is 58.0 Å². The molecule has 0 amide bonds. The highest BCUT2D eigenvalue weighted by Gasteiger charge is 2.33. The fourth-order valence-corrected chi connectivity index (χ4v) is 5.23. The van der Waals surface area contributed by atoms with Crippen LogP contribution in [0.25, 0.3) is 5.69 Å². The number of aryl methyl sites for hydroxylation is 1. The molecular formula is C26H32ClN5O4. The molecular weight excluding hydrogens is 482 g/mol. The van der Waals surface area contributed by atoms with Crippen LogP contribution in [-0.2, 0) is 29.1 Å². The normalized spacial score (nSPS) is 20.4. The highest BCUT2D eigenvalue weighted by molar-refractivity contribution is 6.30. The second-order valence-electron chi connectivity index (χ2n) is 10.6. The number of fused-ring (bicyclic) bond motifs is 3. The van der Waals surface area contributed by atoms with Crippen molar-refractivity contribution in [2.24, 2.45) is 0 Å². The summed E-state index contributed by atoms with van der Waals surface area (Å²) in [6, 6.07) is 7.84. The summed E-state index contributed by atoms with van der Waals surface area (Å²) in [5, 5.41) is 15.6. The third-order valence-electron chi connectivity index (χ3n) is 6.73. The monoisotopic (exact) mass is 513 g/mol. The summed E-state index contributed by atoms with van der Waals surface area (Å²) in [6.07, 6.45) is 4.10. The predicted octanol–water partition coefficient (Wildman–Crippen LogP) is 6.09. The van der Waals surface area contributed by atoms with Gasteiger partial charge in [-0.2, -0.15) is 0 Å². The number of hydroxylamine groups is 2. The lowest BCUT2D eigenvalue weighted by atomic mass is 9.80. The maximum atomic E-state index is 12.4. The van der Waals surface area contributed by atoms with Gasteiger partial charge in [0, 0.05) is 29.3 Å². The summed E-state index contributed by atoms with van der Waals surface area (Å²) < 4.78 is 12.9. The van der Waals surface area contributed by atoms with Crippen LogP contribution in [0.1, 0.15) is 93.9 Å². The third-order valence-corrected chi connectivity index (χ3v) is 6.97. The molecule has 0 spiro atoms. The zero-order valence-electron chi connectivity index (χ0n) is 21.2. The molecule has 1 saturated carbocycles. The number of aromatic nitrogens is 4. The van der Waals surface area contributed by atoms with E-state index < -0.39 is 11.8 Å². The SMILES string of the molecule is CCc1cc([C@H]2CC[C@@H](c3nnc4n3-c3ccc(Cl)cc3CN(OC(=O)OC(C)(C)C)C4)CC2)no1. The van der Waals surface area contributed by atoms with Crippen LogP contribution in [0.2, 0.25) is 5.02 Å². The van der Waals surface area contributed by atoms with Gasteiger partial charge in [-0.15, -0.1) is 15.3 Å². The molecule has 3 heterocycles. The van der Waals surface area contributed by atoms with Gasteiger partial charge in [-0.3, -0.25) is 4.57 Å². The van der Waals surface area contributed by atoms with Crippen LogP contribution in [0.15, 0.2) is 28.8 Å². The van der Waals surface area contributed by atoms with E-state index in [0.29, 0.717) is 23.3 Å². The summed E-state index contributed by atoms with van der Waals surface area (Å²) in [4.78, 5) is 17.9. The van der Waals surface area contributed by atoms with Gasteiger partial charge in [0.1, 0.15) is 17.2 Å². The topological polar surface area (TPSA) is 95.5 Å². The van der Waals surface area contributed by atoms with Gasteiger partial charge in [0.25, 0.3) is 0 Å². The van der Waals surface area contributed by atoms with Crippen molar-refractivity contribution in [1.29, 1.82) is 0 Å². The summed E-state index contributed by atoms with van der Waals surface area (Å²) >= 11 is 6.34. The number of ether oxygens (including phenoxy) is 1. The van der Waals surface area contributed by atoms with E-state index in [1.165, 1.54) is 0 Å². The molecule has 192 valence electrons. The van der Waals surface area contributed by atoms with Gasteiger partial charge in [-0.1, -0.05) is 23.7 Å². The molecule has 1 fully saturated rings. The number of halogens is 1. The molecule has 0 radical (unpaired) electrons. The minimum atomic E-state index is -0.753. The van der Waals surface area contributed by atoms with Crippen LogP contribution in [-0.4, -0.2) is 36.7 Å². The molecule has 1 aliphatic carbocycles. The Morgan fingerprint density at radius 2 is 1.86 bits per heavy atom. The molecule has 0 N–H and O–H groups in total. The van der Waals surface area contributed by atoms with Gasteiger partial charge in [0.05, 0.1) is 24.5 Å². The first-order valence-corrected chi connectivity index (χ1v) is 12.9. The fraction of sp³-hybridized carbons (Fsp3) is 0.538. The van der Waals surface area contributed by atoms with Crippen molar-refractivity contribution in [3.63, 3.8) is 0 Å². The number of hydrogen-bond acceptors (Lipinski definition) is 8. The number of nitrogens with zero attached hydrogens (tertiary/aromatic N) is 5. The predicted molar refractivity (Wildman–Crippen MR) is 133 cm³/mol. The summed E-state index contributed by atoms with van der Waals surface area (Å²) in [6.45, 7) is 8.12. The van der Waals surface area contributed by atoms with E-state index in [0.717, 1.165) is 60.6 Å². The minimum Gasteiger partial charge on any atom is -0.427 e. The molecule has 1 aromatic carbocycles. The smallest absolute Gasteiger partial charge is 0.427 e. The molecule has 0 bridgehead atoms. The highest BCUT2D eigenvalue weighted by Crippen LogP contribution is 2.41. The van der Waals surface area contributed by atoms with Crippen LogP contribution >= 0.6 is 11.6 Å². The molecule has 9 nitrogen and oxygen atoms in total. The van der Waals surface area contributed by atoms with Crippen molar-refractivity contribution >= 4 is 17.8 Å². The first-order chi connectivity index (χ1) is 17.2. The molecule has 2 aliphatic rings. The average Bonchev–Trinajstić information content (AvgIpc) is 3.42. The summed E-state index contributed by atoms with van der Waals surface area (Å²) in [5.74, 6) is 3.24. The molecule has 2 aromatic heterocycles. The van der Waals surface area contributed by atoms with Crippen LogP contribution < -0.4 is 0 Å². The number of carbonyl (C=O) groups excluding carboxylic acids is 1. The number of benzene rings is 1. The van der Waals surface area contributed by atoms with Gasteiger partial charge in [0.15, 0.2) is 5.82 Å². The first-order valence-electron chi connectivity index (χ1n) is 12.5. The maximum Gasteiger partial charge on any atom is 0.528 e. The van der Waals surface area contributed by atoms with E-state index in [9.17, 15) is 4.79 Å². The Labute approximate surface area is 215 Å². The summed E-state index contributed by atoms with van der Waals surface area (Å²) in [7, 11) is 0. The molecule has 36 heavy (non-hydrogen) atoms. The zero-order chi connectivity index (χ0) is 25.4. The number of carbonyl (C=O) groups is 1.